The van der Waals surface area contributed by atoms with E-state index < -0.39 is 7.26 Å². The van der Waals surface area contributed by atoms with Crippen molar-refractivity contribution in [3.05, 3.63) is 73.1 Å². The Hall–Kier alpha value is -1.39. The van der Waals surface area contributed by atoms with Crippen LogP contribution in [0.15, 0.2) is 73.1 Å². The predicted octanol–water partition coefficient (Wildman–Crippen LogP) is 4.33. The van der Waals surface area contributed by atoms with E-state index in [4.69, 9.17) is 0 Å². The quantitative estimate of drug-likeness (QED) is 0.685. The minimum atomic E-state index is -1.78. The minimum absolute atomic E-state index is 1.24. The zero-order valence-corrected chi connectivity index (χ0v) is 12.7. The third-order valence-corrected chi connectivity index (χ3v) is 8.42. The van der Waals surface area contributed by atoms with Crippen molar-refractivity contribution in [3.8, 4) is 0 Å². The van der Waals surface area contributed by atoms with E-state index >= 15 is 0 Å². The van der Waals surface area contributed by atoms with Crippen LogP contribution >= 0.6 is 7.26 Å². The van der Waals surface area contributed by atoms with Gasteiger partial charge in [0.05, 0.1) is 0 Å². The Balaban J connectivity index is 2.51. The summed E-state index contributed by atoms with van der Waals surface area (Å²) in [5, 5.41) is 2.95. The van der Waals surface area contributed by atoms with Gasteiger partial charge >= 0.3 is 117 Å². The van der Waals surface area contributed by atoms with Crippen molar-refractivity contribution >= 4 is 17.9 Å². The Labute approximate surface area is 117 Å². The predicted molar refractivity (Wildman–Crippen MR) is 90.4 cm³/mol. The second-order valence-corrected chi connectivity index (χ2v) is 9.02. The first-order chi connectivity index (χ1) is 9.33. The molecule has 0 amide bonds. The maximum atomic E-state index is 4.20. The molecule has 100 valence electrons. The standard InChI is InChI=1S/C18H23P/c1-3-5-16-19(4-2,17-12-8-6-9-13-17)18-14-10-7-11-15-18/h4,6-15,19H,2-3,5,16H2,1H3. The van der Waals surface area contributed by atoms with Gasteiger partial charge in [-0.25, -0.2) is 0 Å². The third kappa shape index (κ3) is 2.96. The van der Waals surface area contributed by atoms with Crippen LogP contribution in [0.25, 0.3) is 0 Å². The monoisotopic (exact) mass is 270 g/mol. The summed E-state index contributed by atoms with van der Waals surface area (Å²) < 4.78 is 0. The van der Waals surface area contributed by atoms with Crippen molar-refractivity contribution in [1.29, 1.82) is 0 Å². The molecular weight excluding hydrogens is 247 g/mol. The van der Waals surface area contributed by atoms with Crippen LogP contribution in [0.1, 0.15) is 19.8 Å². The zero-order valence-electron chi connectivity index (χ0n) is 11.7. The molecule has 0 fully saturated rings. The first kappa shape index (κ1) is 14.0. The molecular formula is C18H23P. The zero-order chi connectivity index (χ0) is 13.6. The second-order valence-electron chi connectivity index (χ2n) is 5.01. The fourth-order valence-corrected chi connectivity index (χ4v) is 6.79. The number of unbranched alkanes of at least 4 members (excludes halogenated alkanes) is 1. The van der Waals surface area contributed by atoms with Crippen LogP contribution < -0.4 is 10.6 Å². The molecule has 0 aliphatic heterocycles. The fraction of sp³-hybridized carbons (Fsp3) is 0.222. The fourth-order valence-electron chi connectivity index (χ4n) is 2.72. The molecule has 0 saturated carbocycles. The molecule has 2 rings (SSSR count). The van der Waals surface area contributed by atoms with Gasteiger partial charge in [0, 0.05) is 0 Å². The van der Waals surface area contributed by atoms with E-state index in [1.807, 2.05) is 0 Å². The summed E-state index contributed by atoms with van der Waals surface area (Å²) in [5.41, 5.74) is 0. The number of benzene rings is 2. The Morgan fingerprint density at radius 1 is 0.895 bits per heavy atom. The number of rotatable bonds is 6. The summed E-state index contributed by atoms with van der Waals surface area (Å²) in [5.74, 6) is 2.26. The molecule has 0 nitrogen and oxygen atoms in total. The van der Waals surface area contributed by atoms with Gasteiger partial charge in [0.25, 0.3) is 0 Å². The summed E-state index contributed by atoms with van der Waals surface area (Å²) in [4.78, 5) is 0. The van der Waals surface area contributed by atoms with E-state index in [1.165, 1.54) is 29.6 Å². The molecule has 1 heteroatoms. The van der Waals surface area contributed by atoms with Gasteiger partial charge in [-0.1, -0.05) is 0 Å². The van der Waals surface area contributed by atoms with E-state index in [2.05, 4.69) is 80.0 Å². The normalized spacial score (nSPS) is 12.1. The van der Waals surface area contributed by atoms with Crippen LogP contribution in [-0.4, -0.2) is 6.16 Å². The van der Waals surface area contributed by atoms with Gasteiger partial charge in [0.15, 0.2) is 0 Å². The summed E-state index contributed by atoms with van der Waals surface area (Å²) >= 11 is 0. The van der Waals surface area contributed by atoms with E-state index in [-0.39, 0.29) is 0 Å². The summed E-state index contributed by atoms with van der Waals surface area (Å²) in [6.07, 6.45) is 3.76. The van der Waals surface area contributed by atoms with Gasteiger partial charge in [0.1, 0.15) is 0 Å². The first-order valence-electron chi connectivity index (χ1n) is 7.08. The molecule has 0 spiro atoms. The van der Waals surface area contributed by atoms with Gasteiger partial charge in [-0.3, -0.25) is 0 Å². The average Bonchev–Trinajstić information content (AvgIpc) is 2.51. The van der Waals surface area contributed by atoms with Gasteiger partial charge < -0.3 is 0 Å². The number of hydrogen-bond donors (Lipinski definition) is 0. The van der Waals surface area contributed by atoms with Gasteiger partial charge in [-0.05, 0) is 0 Å². The Kier molecular flexibility index (Phi) is 4.93. The SMILES string of the molecule is C=C[PH](CCCC)(c1ccccc1)c1ccccc1. The third-order valence-electron chi connectivity index (χ3n) is 3.85. The molecule has 0 aliphatic rings. The van der Waals surface area contributed by atoms with Crippen LogP contribution in [0.4, 0.5) is 0 Å². The molecule has 2 aromatic carbocycles. The maximum absolute atomic E-state index is 4.20. The first-order valence-corrected chi connectivity index (χ1v) is 9.36. The topological polar surface area (TPSA) is 0 Å². The molecule has 0 aromatic heterocycles. The Morgan fingerprint density at radius 3 is 1.74 bits per heavy atom. The number of hydrogen-bond acceptors (Lipinski definition) is 0. The Bertz CT molecular complexity index is 462. The summed E-state index contributed by atoms with van der Waals surface area (Å²) in [6, 6.07) is 21.9. The van der Waals surface area contributed by atoms with Crippen LogP contribution in [0.2, 0.25) is 0 Å². The molecule has 0 atom stereocenters. The van der Waals surface area contributed by atoms with Crippen molar-refractivity contribution in [2.45, 2.75) is 19.8 Å². The molecule has 0 saturated heterocycles. The van der Waals surface area contributed by atoms with Crippen LogP contribution in [0, 0.1) is 0 Å². The van der Waals surface area contributed by atoms with Gasteiger partial charge in [0.2, 0.25) is 0 Å². The van der Waals surface area contributed by atoms with Crippen LogP contribution in [-0.2, 0) is 0 Å². The van der Waals surface area contributed by atoms with E-state index in [0.717, 1.165) is 0 Å². The molecule has 2 aromatic rings. The molecule has 0 aliphatic carbocycles. The van der Waals surface area contributed by atoms with Crippen molar-refractivity contribution in [1.82, 2.24) is 0 Å². The molecule has 0 radical (unpaired) electrons. The molecule has 0 unspecified atom stereocenters. The summed E-state index contributed by atoms with van der Waals surface area (Å²) in [6.45, 7) is 6.46. The Morgan fingerprint density at radius 2 is 1.37 bits per heavy atom. The molecule has 19 heavy (non-hydrogen) atoms. The van der Waals surface area contributed by atoms with E-state index in [1.54, 1.807) is 0 Å². The van der Waals surface area contributed by atoms with Crippen LogP contribution in [0.3, 0.4) is 0 Å². The van der Waals surface area contributed by atoms with Crippen molar-refractivity contribution < 1.29 is 0 Å². The molecule has 0 N–H and O–H groups in total. The van der Waals surface area contributed by atoms with Crippen LogP contribution in [0.5, 0.6) is 0 Å². The summed E-state index contributed by atoms with van der Waals surface area (Å²) in [7, 11) is -1.78. The van der Waals surface area contributed by atoms with Gasteiger partial charge in [-0.15, -0.1) is 0 Å². The molecule has 0 heterocycles. The van der Waals surface area contributed by atoms with Crippen molar-refractivity contribution in [2.75, 3.05) is 6.16 Å². The average molecular weight is 270 g/mol. The van der Waals surface area contributed by atoms with Crippen molar-refractivity contribution in [2.24, 2.45) is 0 Å². The molecule has 0 bridgehead atoms. The van der Waals surface area contributed by atoms with Crippen molar-refractivity contribution in [3.63, 3.8) is 0 Å². The van der Waals surface area contributed by atoms with Gasteiger partial charge in [-0.2, -0.15) is 0 Å². The van der Waals surface area contributed by atoms with E-state index in [0.29, 0.717) is 0 Å². The van der Waals surface area contributed by atoms with E-state index in [9.17, 15) is 0 Å². The second kappa shape index (κ2) is 6.68.